The van der Waals surface area contributed by atoms with Gasteiger partial charge in [-0.15, -0.1) is 0 Å². The molecule has 0 fully saturated rings. The van der Waals surface area contributed by atoms with Crippen LogP contribution in [0.25, 0.3) is 16.3 Å². The number of methoxy groups -OCH3 is 1. The molecular weight excluding hydrogens is 408 g/mol. The number of carbonyl (C=O) groups excluding carboxylic acids is 1. The SMILES string of the molecule is COc1cc(/C=C/C(=O)Nc2nc3c(C)cccc3s2)ccc1OCc1ccccc1. The first kappa shape index (κ1) is 20.6. The molecule has 1 aromatic heterocycles. The highest BCUT2D eigenvalue weighted by Gasteiger charge is 2.08. The van der Waals surface area contributed by atoms with Crippen molar-refractivity contribution in [1.82, 2.24) is 4.98 Å². The second-order valence-corrected chi connectivity index (χ2v) is 7.98. The summed E-state index contributed by atoms with van der Waals surface area (Å²) in [7, 11) is 1.60. The Morgan fingerprint density at radius 1 is 1.06 bits per heavy atom. The Labute approximate surface area is 185 Å². The average Bonchev–Trinajstić information content (AvgIpc) is 3.21. The van der Waals surface area contributed by atoms with Gasteiger partial charge in [0.2, 0.25) is 5.91 Å². The van der Waals surface area contributed by atoms with Gasteiger partial charge >= 0.3 is 0 Å². The molecule has 0 saturated carbocycles. The summed E-state index contributed by atoms with van der Waals surface area (Å²) < 4.78 is 12.4. The van der Waals surface area contributed by atoms with Gasteiger partial charge in [0.25, 0.3) is 0 Å². The van der Waals surface area contributed by atoms with Crippen molar-refractivity contribution in [3.05, 3.63) is 89.5 Å². The lowest BCUT2D eigenvalue weighted by Gasteiger charge is -2.11. The van der Waals surface area contributed by atoms with Gasteiger partial charge in [-0.1, -0.05) is 59.9 Å². The fourth-order valence-corrected chi connectivity index (χ4v) is 4.05. The fourth-order valence-electron chi connectivity index (χ4n) is 3.10. The van der Waals surface area contributed by atoms with E-state index in [-0.39, 0.29) is 5.91 Å². The number of aryl methyl sites for hydroxylation is 1. The van der Waals surface area contributed by atoms with Gasteiger partial charge < -0.3 is 9.47 Å². The normalized spacial score (nSPS) is 11.0. The van der Waals surface area contributed by atoms with E-state index in [2.05, 4.69) is 10.3 Å². The van der Waals surface area contributed by atoms with E-state index in [1.54, 1.807) is 13.2 Å². The maximum atomic E-state index is 12.3. The molecule has 0 radical (unpaired) electrons. The predicted molar refractivity (Wildman–Crippen MR) is 126 cm³/mol. The molecule has 0 aliphatic carbocycles. The number of amides is 1. The summed E-state index contributed by atoms with van der Waals surface area (Å²) in [4.78, 5) is 16.8. The zero-order chi connectivity index (χ0) is 21.6. The van der Waals surface area contributed by atoms with Gasteiger partial charge in [-0.05, 0) is 47.9 Å². The van der Waals surface area contributed by atoms with Crippen LogP contribution < -0.4 is 14.8 Å². The highest BCUT2D eigenvalue weighted by molar-refractivity contribution is 7.22. The molecular formula is C25H22N2O3S. The molecule has 1 N–H and O–H groups in total. The Hall–Kier alpha value is -3.64. The van der Waals surface area contributed by atoms with Crippen molar-refractivity contribution in [1.29, 1.82) is 0 Å². The summed E-state index contributed by atoms with van der Waals surface area (Å²) in [5.41, 5.74) is 3.92. The molecule has 1 amide bonds. The smallest absolute Gasteiger partial charge is 0.250 e. The standard InChI is InChI=1S/C25H22N2O3S/c1-17-7-6-10-22-24(17)27-25(31-22)26-23(28)14-12-18-11-13-20(21(15-18)29-2)30-16-19-8-4-3-5-9-19/h3-15H,16H2,1-2H3,(H,26,27,28)/b14-12+. The molecule has 0 atom stereocenters. The number of thiazole rings is 1. The molecule has 0 saturated heterocycles. The first-order chi connectivity index (χ1) is 15.1. The largest absolute Gasteiger partial charge is 0.493 e. The van der Waals surface area contributed by atoms with Crippen LogP contribution in [0.1, 0.15) is 16.7 Å². The maximum Gasteiger partial charge on any atom is 0.250 e. The molecule has 0 aliphatic heterocycles. The summed E-state index contributed by atoms with van der Waals surface area (Å²) in [5, 5.41) is 3.42. The number of para-hydroxylation sites is 1. The molecule has 0 unspecified atom stereocenters. The number of nitrogens with one attached hydrogen (secondary N) is 1. The van der Waals surface area contributed by atoms with Crippen LogP contribution in [0.5, 0.6) is 11.5 Å². The number of carbonyl (C=O) groups is 1. The minimum atomic E-state index is -0.236. The van der Waals surface area contributed by atoms with E-state index in [1.165, 1.54) is 17.4 Å². The summed E-state index contributed by atoms with van der Waals surface area (Å²) in [5.74, 6) is 1.03. The summed E-state index contributed by atoms with van der Waals surface area (Å²) >= 11 is 1.46. The molecule has 0 spiro atoms. The molecule has 0 aliphatic rings. The molecule has 156 valence electrons. The first-order valence-corrected chi connectivity index (χ1v) is 10.6. The quantitative estimate of drug-likeness (QED) is 0.374. The lowest BCUT2D eigenvalue weighted by molar-refractivity contribution is -0.111. The molecule has 6 heteroatoms. The fraction of sp³-hybridized carbons (Fsp3) is 0.120. The second kappa shape index (κ2) is 9.45. The van der Waals surface area contributed by atoms with Crippen molar-refractivity contribution < 1.29 is 14.3 Å². The lowest BCUT2D eigenvalue weighted by Crippen LogP contribution is -2.07. The van der Waals surface area contributed by atoms with E-state index in [4.69, 9.17) is 9.47 Å². The van der Waals surface area contributed by atoms with Crippen LogP contribution in [0, 0.1) is 6.92 Å². The predicted octanol–water partition coefficient (Wildman–Crippen LogP) is 5.84. The molecule has 31 heavy (non-hydrogen) atoms. The Balaban J connectivity index is 1.41. The van der Waals surface area contributed by atoms with Crippen LogP contribution in [-0.4, -0.2) is 18.0 Å². The third kappa shape index (κ3) is 5.10. The van der Waals surface area contributed by atoms with E-state index in [0.717, 1.165) is 26.9 Å². The number of anilines is 1. The van der Waals surface area contributed by atoms with Gasteiger partial charge in [-0.3, -0.25) is 10.1 Å². The minimum Gasteiger partial charge on any atom is -0.493 e. The second-order valence-electron chi connectivity index (χ2n) is 6.95. The number of rotatable bonds is 7. The van der Waals surface area contributed by atoms with Crippen molar-refractivity contribution >= 4 is 38.7 Å². The number of hydrogen-bond donors (Lipinski definition) is 1. The van der Waals surface area contributed by atoms with E-state index >= 15 is 0 Å². The van der Waals surface area contributed by atoms with Crippen molar-refractivity contribution in [2.24, 2.45) is 0 Å². The maximum absolute atomic E-state index is 12.3. The molecule has 3 aromatic carbocycles. The average molecular weight is 431 g/mol. The highest BCUT2D eigenvalue weighted by Crippen LogP contribution is 2.30. The van der Waals surface area contributed by atoms with Gasteiger partial charge in [-0.25, -0.2) is 4.98 Å². The number of nitrogens with zero attached hydrogens (tertiary/aromatic N) is 1. The van der Waals surface area contributed by atoms with Gasteiger partial charge in [0, 0.05) is 6.08 Å². The number of aromatic nitrogens is 1. The van der Waals surface area contributed by atoms with Crippen LogP contribution >= 0.6 is 11.3 Å². The zero-order valence-electron chi connectivity index (χ0n) is 17.3. The number of benzene rings is 3. The molecule has 4 aromatic rings. The van der Waals surface area contributed by atoms with E-state index in [1.807, 2.05) is 73.7 Å². The van der Waals surface area contributed by atoms with Crippen molar-refractivity contribution in [2.45, 2.75) is 13.5 Å². The van der Waals surface area contributed by atoms with Gasteiger partial charge in [-0.2, -0.15) is 0 Å². The zero-order valence-corrected chi connectivity index (χ0v) is 18.1. The summed E-state index contributed by atoms with van der Waals surface area (Å²) in [6.45, 7) is 2.46. The minimum absolute atomic E-state index is 0.236. The molecule has 1 heterocycles. The van der Waals surface area contributed by atoms with Crippen molar-refractivity contribution in [2.75, 3.05) is 12.4 Å². The van der Waals surface area contributed by atoms with Crippen molar-refractivity contribution in [3.8, 4) is 11.5 Å². The Morgan fingerprint density at radius 2 is 1.90 bits per heavy atom. The summed E-state index contributed by atoms with van der Waals surface area (Å²) in [6.07, 6.45) is 3.22. The van der Waals surface area contributed by atoms with Gasteiger partial charge in [0.05, 0.1) is 17.3 Å². The Bertz CT molecular complexity index is 1230. The van der Waals surface area contributed by atoms with E-state index in [9.17, 15) is 4.79 Å². The van der Waals surface area contributed by atoms with E-state index < -0.39 is 0 Å². The highest BCUT2D eigenvalue weighted by atomic mass is 32.1. The molecule has 0 bridgehead atoms. The monoisotopic (exact) mass is 430 g/mol. The van der Waals surface area contributed by atoms with Crippen molar-refractivity contribution in [3.63, 3.8) is 0 Å². The molecule has 5 nitrogen and oxygen atoms in total. The Kier molecular flexibility index (Phi) is 6.29. The van der Waals surface area contributed by atoms with Gasteiger partial charge in [0.1, 0.15) is 6.61 Å². The lowest BCUT2D eigenvalue weighted by atomic mass is 10.2. The Morgan fingerprint density at radius 3 is 2.68 bits per heavy atom. The van der Waals surface area contributed by atoms with Crippen LogP contribution in [0.15, 0.2) is 72.8 Å². The molecule has 4 rings (SSSR count). The van der Waals surface area contributed by atoms with Crippen LogP contribution in [0.3, 0.4) is 0 Å². The van der Waals surface area contributed by atoms with Crippen LogP contribution in [-0.2, 0) is 11.4 Å². The third-order valence-corrected chi connectivity index (χ3v) is 5.64. The first-order valence-electron chi connectivity index (χ1n) is 9.82. The topological polar surface area (TPSA) is 60.5 Å². The van der Waals surface area contributed by atoms with Crippen LogP contribution in [0.4, 0.5) is 5.13 Å². The number of ether oxygens (including phenoxy) is 2. The summed E-state index contributed by atoms with van der Waals surface area (Å²) in [6, 6.07) is 21.5. The van der Waals surface area contributed by atoms with E-state index in [0.29, 0.717) is 23.2 Å². The number of fused-ring (bicyclic) bond motifs is 1. The number of hydrogen-bond acceptors (Lipinski definition) is 5. The van der Waals surface area contributed by atoms with Gasteiger partial charge in [0.15, 0.2) is 16.6 Å². The van der Waals surface area contributed by atoms with Crippen LogP contribution in [0.2, 0.25) is 0 Å². The third-order valence-electron chi connectivity index (χ3n) is 4.70.